The van der Waals surface area contributed by atoms with E-state index in [0.29, 0.717) is 15.6 Å². The Bertz CT molecular complexity index is 936. The molecule has 0 aliphatic rings. The summed E-state index contributed by atoms with van der Waals surface area (Å²) in [5, 5.41) is 9.16. The molecule has 0 saturated heterocycles. The molecule has 0 radical (unpaired) electrons. The molecular formula is C18H18Cl2N4O. The summed E-state index contributed by atoms with van der Waals surface area (Å²) < 4.78 is 1.83. The highest BCUT2D eigenvalue weighted by Gasteiger charge is 2.16. The van der Waals surface area contributed by atoms with Crippen molar-refractivity contribution in [2.24, 2.45) is 0 Å². The Morgan fingerprint density at radius 3 is 2.60 bits per heavy atom. The minimum atomic E-state index is -0.258. The number of nitrogens with one attached hydrogen (secondary N) is 1. The zero-order valence-electron chi connectivity index (χ0n) is 14.1. The van der Waals surface area contributed by atoms with Crippen molar-refractivity contribution in [1.82, 2.24) is 20.1 Å². The topological polar surface area (TPSA) is 59.8 Å². The van der Waals surface area contributed by atoms with Crippen LogP contribution in [0.5, 0.6) is 0 Å². The van der Waals surface area contributed by atoms with Gasteiger partial charge in [-0.2, -0.15) is 5.10 Å². The number of aromatic nitrogens is 3. The minimum absolute atomic E-state index is 0.205. The van der Waals surface area contributed by atoms with Crippen LogP contribution in [0.25, 0.3) is 11.0 Å². The Hall–Kier alpha value is -2.11. The molecule has 3 rings (SSSR count). The fraction of sp³-hybridized carbons (Fsp3) is 0.278. The Labute approximate surface area is 156 Å². The van der Waals surface area contributed by atoms with E-state index in [1.54, 1.807) is 30.6 Å². The maximum Gasteiger partial charge on any atom is 0.253 e. The maximum atomic E-state index is 12.5. The predicted octanol–water partition coefficient (Wildman–Crippen LogP) is 4.81. The van der Waals surface area contributed by atoms with Crippen molar-refractivity contribution in [1.29, 1.82) is 0 Å². The number of fused-ring (bicyclic) bond motifs is 1. The van der Waals surface area contributed by atoms with Gasteiger partial charge in [-0.3, -0.25) is 4.79 Å². The molecule has 0 bridgehead atoms. The first-order valence-corrected chi connectivity index (χ1v) is 8.71. The van der Waals surface area contributed by atoms with Crippen LogP contribution in [0.3, 0.4) is 0 Å². The molecule has 25 heavy (non-hydrogen) atoms. The van der Waals surface area contributed by atoms with Gasteiger partial charge in [-0.05, 0) is 44.5 Å². The van der Waals surface area contributed by atoms with Crippen LogP contribution in [0.2, 0.25) is 10.0 Å². The summed E-state index contributed by atoms with van der Waals surface area (Å²) in [7, 11) is 0. The van der Waals surface area contributed by atoms with Crippen LogP contribution in [-0.2, 0) is 0 Å². The average molecular weight is 377 g/mol. The molecule has 0 saturated carbocycles. The molecule has 0 aliphatic carbocycles. The van der Waals surface area contributed by atoms with Crippen molar-refractivity contribution in [2.75, 3.05) is 0 Å². The van der Waals surface area contributed by atoms with Crippen LogP contribution in [-0.4, -0.2) is 20.7 Å². The van der Waals surface area contributed by atoms with E-state index in [1.165, 1.54) is 0 Å². The summed E-state index contributed by atoms with van der Waals surface area (Å²) in [6.45, 7) is 5.94. The second-order valence-electron chi connectivity index (χ2n) is 6.18. The monoisotopic (exact) mass is 376 g/mol. The van der Waals surface area contributed by atoms with Gasteiger partial charge in [-0.15, -0.1) is 0 Å². The number of carbonyl (C=O) groups is 1. The normalized spacial score (nSPS) is 12.6. The summed E-state index contributed by atoms with van der Waals surface area (Å²) in [5.74, 6) is -0.217. The third-order valence-electron chi connectivity index (χ3n) is 3.96. The number of pyridine rings is 1. The molecule has 1 aromatic carbocycles. The van der Waals surface area contributed by atoms with E-state index in [9.17, 15) is 4.79 Å². The van der Waals surface area contributed by atoms with Gasteiger partial charge in [0.1, 0.15) is 0 Å². The Kier molecular flexibility index (Phi) is 4.97. The molecule has 0 aliphatic heterocycles. The van der Waals surface area contributed by atoms with Gasteiger partial charge in [0, 0.05) is 27.7 Å². The van der Waals surface area contributed by atoms with E-state index in [-0.39, 0.29) is 18.0 Å². The molecule has 7 heteroatoms. The van der Waals surface area contributed by atoms with Crippen LogP contribution in [0.15, 0.2) is 36.7 Å². The van der Waals surface area contributed by atoms with Crippen LogP contribution >= 0.6 is 23.2 Å². The quantitative estimate of drug-likeness (QED) is 0.710. The van der Waals surface area contributed by atoms with E-state index in [2.05, 4.69) is 15.4 Å². The summed E-state index contributed by atoms with van der Waals surface area (Å²) in [5.41, 5.74) is 2.05. The fourth-order valence-electron chi connectivity index (χ4n) is 2.65. The van der Waals surface area contributed by atoms with Gasteiger partial charge in [0.2, 0.25) is 0 Å². The van der Waals surface area contributed by atoms with Gasteiger partial charge < -0.3 is 5.32 Å². The molecule has 0 spiro atoms. The highest BCUT2D eigenvalue weighted by atomic mass is 35.5. The molecule has 2 heterocycles. The van der Waals surface area contributed by atoms with E-state index < -0.39 is 0 Å². The van der Waals surface area contributed by atoms with E-state index in [0.717, 1.165) is 16.6 Å². The zero-order valence-corrected chi connectivity index (χ0v) is 15.6. The first kappa shape index (κ1) is 17.7. The second kappa shape index (κ2) is 7.02. The summed E-state index contributed by atoms with van der Waals surface area (Å²) in [6.07, 6.45) is 3.28. The van der Waals surface area contributed by atoms with E-state index in [1.807, 2.05) is 31.5 Å². The lowest BCUT2D eigenvalue weighted by Gasteiger charge is -2.16. The summed E-state index contributed by atoms with van der Waals surface area (Å²) >= 11 is 12.1. The largest absolute Gasteiger partial charge is 0.345 e. The van der Waals surface area contributed by atoms with Gasteiger partial charge in [0.25, 0.3) is 5.91 Å². The standard InChI is InChI=1S/C18H18Cl2N4O/c1-10(2)24-17-12(9-22-24)6-13(8-21-17)18(25)23-11(3)15-5-4-14(19)7-16(15)20/h4-11H,1-3H3,(H,23,25)/t11-/m0/s1. The molecule has 5 nitrogen and oxygen atoms in total. The molecule has 1 N–H and O–H groups in total. The van der Waals surface area contributed by atoms with Crippen LogP contribution < -0.4 is 5.32 Å². The SMILES string of the molecule is CC(C)n1ncc2cc(C(=O)N[C@@H](C)c3ccc(Cl)cc3Cl)cnc21. The van der Waals surface area contributed by atoms with Crippen molar-refractivity contribution >= 4 is 40.1 Å². The van der Waals surface area contributed by atoms with Crippen molar-refractivity contribution in [3.05, 3.63) is 57.8 Å². The maximum absolute atomic E-state index is 12.5. The highest BCUT2D eigenvalue weighted by Crippen LogP contribution is 2.26. The third kappa shape index (κ3) is 3.62. The van der Waals surface area contributed by atoms with E-state index in [4.69, 9.17) is 23.2 Å². The van der Waals surface area contributed by atoms with E-state index >= 15 is 0 Å². The minimum Gasteiger partial charge on any atom is -0.345 e. The van der Waals surface area contributed by atoms with Gasteiger partial charge in [-0.25, -0.2) is 9.67 Å². The van der Waals surface area contributed by atoms with Crippen LogP contribution in [0.4, 0.5) is 0 Å². The Morgan fingerprint density at radius 2 is 1.92 bits per heavy atom. The Balaban J connectivity index is 1.82. The van der Waals surface area contributed by atoms with Crippen molar-refractivity contribution < 1.29 is 4.79 Å². The molecule has 0 unspecified atom stereocenters. The number of halogens is 2. The average Bonchev–Trinajstić information content (AvgIpc) is 2.97. The van der Waals surface area contributed by atoms with Gasteiger partial charge in [0.05, 0.1) is 17.8 Å². The van der Waals surface area contributed by atoms with Gasteiger partial charge >= 0.3 is 0 Å². The first-order chi connectivity index (χ1) is 11.9. The van der Waals surface area contributed by atoms with Crippen LogP contribution in [0.1, 0.15) is 48.8 Å². The lowest BCUT2D eigenvalue weighted by Crippen LogP contribution is -2.27. The molecule has 3 aromatic rings. The van der Waals surface area contributed by atoms with Crippen molar-refractivity contribution in [2.45, 2.75) is 32.9 Å². The fourth-order valence-corrected chi connectivity index (χ4v) is 3.22. The Morgan fingerprint density at radius 1 is 1.16 bits per heavy atom. The van der Waals surface area contributed by atoms with Crippen molar-refractivity contribution in [3.63, 3.8) is 0 Å². The first-order valence-electron chi connectivity index (χ1n) is 7.96. The molecule has 130 valence electrons. The molecule has 2 aromatic heterocycles. The number of nitrogens with zero attached hydrogens (tertiary/aromatic N) is 3. The van der Waals surface area contributed by atoms with Crippen molar-refractivity contribution in [3.8, 4) is 0 Å². The summed E-state index contributed by atoms with van der Waals surface area (Å²) in [4.78, 5) is 16.9. The molecule has 0 fully saturated rings. The third-order valence-corrected chi connectivity index (χ3v) is 4.52. The lowest BCUT2D eigenvalue weighted by atomic mass is 10.1. The smallest absolute Gasteiger partial charge is 0.253 e. The predicted molar refractivity (Wildman–Crippen MR) is 100 cm³/mol. The number of rotatable bonds is 4. The van der Waals surface area contributed by atoms with Gasteiger partial charge in [0.15, 0.2) is 5.65 Å². The second-order valence-corrected chi connectivity index (χ2v) is 7.02. The van der Waals surface area contributed by atoms with Gasteiger partial charge in [-0.1, -0.05) is 29.3 Å². The van der Waals surface area contributed by atoms with Crippen LogP contribution in [0, 0.1) is 0 Å². The molecule has 1 atom stereocenters. The number of hydrogen-bond donors (Lipinski definition) is 1. The number of hydrogen-bond acceptors (Lipinski definition) is 3. The number of carbonyl (C=O) groups excluding carboxylic acids is 1. The molecular weight excluding hydrogens is 359 g/mol. The lowest BCUT2D eigenvalue weighted by molar-refractivity contribution is 0.0939. The zero-order chi connectivity index (χ0) is 18.1. The number of amides is 1. The molecule has 1 amide bonds. The number of benzene rings is 1. The summed E-state index contributed by atoms with van der Waals surface area (Å²) in [6, 6.07) is 6.96. The highest BCUT2D eigenvalue weighted by molar-refractivity contribution is 6.35.